The lowest BCUT2D eigenvalue weighted by Gasteiger charge is -2.08. The standard InChI is InChI=1S/C15H19NO4S2/c1-3-19-13-5-7-14(8-6-13)20-11-10-16-22(17,18)15-9-4-12(2)21-15/h4-9,16H,3,10-11H2,1-2H3. The molecule has 0 unspecified atom stereocenters. The van der Waals surface area contributed by atoms with Crippen molar-refractivity contribution in [1.82, 2.24) is 4.72 Å². The van der Waals surface area contributed by atoms with Gasteiger partial charge in [-0.3, -0.25) is 0 Å². The molecule has 0 aliphatic heterocycles. The Morgan fingerprint density at radius 1 is 1.05 bits per heavy atom. The second-order valence-corrected chi connectivity index (χ2v) is 7.80. The average molecular weight is 341 g/mol. The van der Waals surface area contributed by atoms with E-state index in [0.717, 1.165) is 10.6 Å². The van der Waals surface area contributed by atoms with Crippen molar-refractivity contribution in [3.05, 3.63) is 41.3 Å². The Morgan fingerprint density at radius 2 is 1.68 bits per heavy atom. The van der Waals surface area contributed by atoms with Crippen molar-refractivity contribution in [2.75, 3.05) is 19.8 Å². The summed E-state index contributed by atoms with van der Waals surface area (Å²) in [6, 6.07) is 10.6. The first-order valence-electron chi connectivity index (χ1n) is 6.93. The number of hydrogen-bond donors (Lipinski definition) is 1. The van der Waals surface area contributed by atoms with Crippen molar-refractivity contribution >= 4 is 21.4 Å². The van der Waals surface area contributed by atoms with E-state index in [1.54, 1.807) is 24.3 Å². The van der Waals surface area contributed by atoms with Crippen LogP contribution in [0.3, 0.4) is 0 Å². The lowest BCUT2D eigenvalue weighted by molar-refractivity contribution is 0.319. The van der Waals surface area contributed by atoms with E-state index in [9.17, 15) is 8.42 Å². The molecule has 0 atom stereocenters. The average Bonchev–Trinajstić information content (AvgIpc) is 2.93. The van der Waals surface area contributed by atoms with Gasteiger partial charge in [-0.05, 0) is 50.2 Å². The van der Waals surface area contributed by atoms with Crippen LogP contribution in [0.4, 0.5) is 0 Å². The van der Waals surface area contributed by atoms with Crippen LogP contribution in [-0.2, 0) is 10.0 Å². The third-order valence-electron chi connectivity index (χ3n) is 2.78. The third-order valence-corrected chi connectivity index (χ3v) is 5.73. The molecule has 5 nitrogen and oxygen atoms in total. The molecule has 0 saturated heterocycles. The molecule has 1 aromatic heterocycles. The first-order valence-corrected chi connectivity index (χ1v) is 9.23. The molecule has 0 aliphatic rings. The quantitative estimate of drug-likeness (QED) is 0.750. The minimum atomic E-state index is -3.44. The topological polar surface area (TPSA) is 64.6 Å². The van der Waals surface area contributed by atoms with Gasteiger partial charge in [-0.25, -0.2) is 13.1 Å². The number of hydrogen-bond acceptors (Lipinski definition) is 5. The van der Waals surface area contributed by atoms with Gasteiger partial charge >= 0.3 is 0 Å². The van der Waals surface area contributed by atoms with Gasteiger partial charge in [0, 0.05) is 11.4 Å². The first-order chi connectivity index (χ1) is 10.5. The van der Waals surface area contributed by atoms with Crippen LogP contribution in [0.1, 0.15) is 11.8 Å². The SMILES string of the molecule is CCOc1ccc(OCCNS(=O)(=O)c2ccc(C)s2)cc1. The van der Waals surface area contributed by atoms with Gasteiger partial charge in [0.05, 0.1) is 6.61 Å². The van der Waals surface area contributed by atoms with Crippen LogP contribution >= 0.6 is 11.3 Å². The van der Waals surface area contributed by atoms with Crippen LogP contribution in [0.2, 0.25) is 0 Å². The zero-order valence-corrected chi connectivity index (χ0v) is 14.2. The van der Waals surface area contributed by atoms with Crippen molar-refractivity contribution < 1.29 is 17.9 Å². The van der Waals surface area contributed by atoms with Gasteiger partial charge in [0.15, 0.2) is 0 Å². The highest BCUT2D eigenvalue weighted by Crippen LogP contribution is 2.20. The fraction of sp³-hybridized carbons (Fsp3) is 0.333. The predicted molar refractivity (Wildman–Crippen MR) is 87.4 cm³/mol. The van der Waals surface area contributed by atoms with Gasteiger partial charge in [-0.2, -0.15) is 0 Å². The summed E-state index contributed by atoms with van der Waals surface area (Å²) >= 11 is 1.25. The fourth-order valence-corrected chi connectivity index (χ4v) is 4.11. The van der Waals surface area contributed by atoms with Gasteiger partial charge in [-0.15, -0.1) is 11.3 Å². The van der Waals surface area contributed by atoms with E-state index in [-0.39, 0.29) is 13.2 Å². The highest BCUT2D eigenvalue weighted by atomic mass is 32.2. The lowest BCUT2D eigenvalue weighted by Crippen LogP contribution is -2.27. The number of thiophene rings is 1. The van der Waals surface area contributed by atoms with E-state index >= 15 is 0 Å². The molecule has 1 aromatic carbocycles. The molecule has 0 amide bonds. The first kappa shape index (κ1) is 16.8. The number of nitrogens with one attached hydrogen (secondary N) is 1. The number of sulfonamides is 1. The molecule has 0 saturated carbocycles. The number of aryl methyl sites for hydroxylation is 1. The van der Waals surface area contributed by atoms with Gasteiger partial charge in [0.1, 0.15) is 22.3 Å². The molecule has 1 N–H and O–H groups in total. The fourth-order valence-electron chi connectivity index (χ4n) is 1.77. The summed E-state index contributed by atoms with van der Waals surface area (Å²) in [4.78, 5) is 0.964. The van der Waals surface area contributed by atoms with E-state index in [0.29, 0.717) is 16.6 Å². The van der Waals surface area contributed by atoms with E-state index in [4.69, 9.17) is 9.47 Å². The van der Waals surface area contributed by atoms with Crippen molar-refractivity contribution in [2.24, 2.45) is 0 Å². The molecule has 120 valence electrons. The zero-order chi connectivity index (χ0) is 16.0. The maximum atomic E-state index is 12.0. The second-order valence-electron chi connectivity index (χ2n) is 4.52. The molecule has 1 heterocycles. The summed E-state index contributed by atoms with van der Waals surface area (Å²) in [5.74, 6) is 1.46. The zero-order valence-electron chi connectivity index (χ0n) is 12.5. The van der Waals surface area contributed by atoms with Crippen LogP contribution in [0.5, 0.6) is 11.5 Å². The molecule has 0 aliphatic carbocycles. The van der Waals surface area contributed by atoms with Gasteiger partial charge in [0.2, 0.25) is 10.0 Å². The summed E-state index contributed by atoms with van der Waals surface area (Å²) in [5, 5.41) is 0. The monoisotopic (exact) mass is 341 g/mol. The number of benzene rings is 1. The third kappa shape index (κ3) is 4.72. The Kier molecular flexibility index (Phi) is 5.82. The Balaban J connectivity index is 1.79. The van der Waals surface area contributed by atoms with Crippen molar-refractivity contribution in [3.63, 3.8) is 0 Å². The van der Waals surface area contributed by atoms with E-state index in [1.165, 1.54) is 11.3 Å². The van der Waals surface area contributed by atoms with Gasteiger partial charge in [-0.1, -0.05) is 0 Å². The van der Waals surface area contributed by atoms with Crippen LogP contribution in [0, 0.1) is 6.92 Å². The number of ether oxygens (including phenoxy) is 2. The second kappa shape index (κ2) is 7.62. The maximum absolute atomic E-state index is 12.0. The molecule has 2 rings (SSSR count). The Labute approximate surface area is 134 Å². The maximum Gasteiger partial charge on any atom is 0.250 e. The summed E-state index contributed by atoms with van der Waals surface area (Å²) in [7, 11) is -3.44. The molecule has 0 fully saturated rings. The Hall–Kier alpha value is -1.57. The highest BCUT2D eigenvalue weighted by molar-refractivity contribution is 7.91. The Morgan fingerprint density at radius 3 is 2.23 bits per heavy atom. The van der Waals surface area contributed by atoms with E-state index < -0.39 is 10.0 Å². The molecule has 2 aromatic rings. The minimum Gasteiger partial charge on any atom is -0.494 e. The summed E-state index contributed by atoms with van der Waals surface area (Å²) < 4.78 is 37.7. The van der Waals surface area contributed by atoms with Gasteiger partial charge in [0.25, 0.3) is 0 Å². The van der Waals surface area contributed by atoms with Gasteiger partial charge < -0.3 is 9.47 Å². The molecule has 0 spiro atoms. The summed E-state index contributed by atoms with van der Waals surface area (Å²) in [5.41, 5.74) is 0. The molecule has 22 heavy (non-hydrogen) atoms. The molecule has 0 radical (unpaired) electrons. The van der Waals surface area contributed by atoms with Crippen molar-refractivity contribution in [1.29, 1.82) is 0 Å². The number of rotatable bonds is 8. The lowest BCUT2D eigenvalue weighted by atomic mass is 10.3. The molecule has 7 heteroatoms. The van der Waals surface area contributed by atoms with Crippen LogP contribution < -0.4 is 14.2 Å². The summed E-state index contributed by atoms with van der Waals surface area (Å²) in [6.45, 7) is 4.89. The minimum absolute atomic E-state index is 0.215. The summed E-state index contributed by atoms with van der Waals surface area (Å²) in [6.07, 6.45) is 0. The van der Waals surface area contributed by atoms with Crippen LogP contribution in [0.25, 0.3) is 0 Å². The van der Waals surface area contributed by atoms with E-state index in [1.807, 2.05) is 26.0 Å². The van der Waals surface area contributed by atoms with E-state index in [2.05, 4.69) is 4.72 Å². The van der Waals surface area contributed by atoms with Crippen molar-refractivity contribution in [2.45, 2.75) is 18.1 Å². The highest BCUT2D eigenvalue weighted by Gasteiger charge is 2.15. The molecule has 0 bridgehead atoms. The van der Waals surface area contributed by atoms with Crippen LogP contribution in [0.15, 0.2) is 40.6 Å². The molecular weight excluding hydrogens is 322 g/mol. The smallest absolute Gasteiger partial charge is 0.250 e. The van der Waals surface area contributed by atoms with Crippen LogP contribution in [-0.4, -0.2) is 28.2 Å². The normalized spacial score (nSPS) is 11.4. The Bertz CT molecular complexity index is 693. The largest absolute Gasteiger partial charge is 0.494 e. The molecular formula is C15H19NO4S2. The van der Waals surface area contributed by atoms with Crippen molar-refractivity contribution in [3.8, 4) is 11.5 Å². The predicted octanol–water partition coefficient (Wildman–Crippen LogP) is 2.81.